The molecular formula is C18H20FNO5S. The van der Waals surface area contributed by atoms with Gasteiger partial charge in [-0.2, -0.15) is 0 Å². The third-order valence-corrected chi connectivity index (χ3v) is 6.05. The van der Waals surface area contributed by atoms with Gasteiger partial charge in [-0.25, -0.2) is 21.9 Å². The average molecular weight is 381 g/mol. The lowest BCUT2D eigenvalue weighted by atomic mass is 10.1. The van der Waals surface area contributed by atoms with Crippen LogP contribution in [-0.4, -0.2) is 31.9 Å². The maximum atomic E-state index is 13.2. The van der Waals surface area contributed by atoms with Crippen molar-refractivity contribution in [1.82, 2.24) is 4.31 Å². The highest BCUT2D eigenvalue weighted by Gasteiger charge is 2.29. The molecule has 0 atom stereocenters. The Kier molecular flexibility index (Phi) is 5.43. The molecule has 26 heavy (non-hydrogen) atoms. The molecule has 1 aliphatic rings. The number of ether oxygens (including phenoxy) is 1. The summed E-state index contributed by atoms with van der Waals surface area (Å²) in [4.78, 5) is 11.4. The molecule has 0 spiro atoms. The van der Waals surface area contributed by atoms with E-state index in [-0.39, 0.29) is 11.9 Å². The highest BCUT2D eigenvalue weighted by molar-refractivity contribution is 7.88. The molecule has 1 fully saturated rings. The first-order chi connectivity index (χ1) is 12.3. The van der Waals surface area contributed by atoms with Crippen LogP contribution in [0.1, 0.15) is 24.2 Å². The minimum absolute atomic E-state index is 0.170. The summed E-state index contributed by atoms with van der Waals surface area (Å²) in [6.45, 7) is 2.31. The molecule has 1 aromatic heterocycles. The van der Waals surface area contributed by atoms with Gasteiger partial charge in [0, 0.05) is 19.2 Å². The van der Waals surface area contributed by atoms with Crippen LogP contribution in [0.3, 0.4) is 0 Å². The molecule has 1 saturated heterocycles. The minimum Gasteiger partial charge on any atom is -0.490 e. The topological polar surface area (TPSA) is 76.8 Å². The third-order valence-electron chi connectivity index (χ3n) is 4.20. The fourth-order valence-electron chi connectivity index (χ4n) is 2.99. The van der Waals surface area contributed by atoms with Crippen molar-refractivity contribution in [2.45, 2.75) is 31.6 Å². The number of piperidine rings is 1. The summed E-state index contributed by atoms with van der Waals surface area (Å²) >= 11 is 0. The van der Waals surface area contributed by atoms with Crippen LogP contribution in [-0.2, 0) is 15.8 Å². The van der Waals surface area contributed by atoms with Gasteiger partial charge < -0.3 is 9.15 Å². The van der Waals surface area contributed by atoms with E-state index in [1.807, 2.05) is 0 Å². The van der Waals surface area contributed by atoms with Gasteiger partial charge in [-0.15, -0.1) is 0 Å². The van der Waals surface area contributed by atoms with Crippen LogP contribution in [0.4, 0.5) is 4.39 Å². The lowest BCUT2D eigenvalue weighted by molar-refractivity contribution is 0.134. The molecule has 0 bridgehead atoms. The largest absolute Gasteiger partial charge is 0.490 e. The summed E-state index contributed by atoms with van der Waals surface area (Å²) in [5.41, 5.74) is -0.0510. The summed E-state index contributed by atoms with van der Waals surface area (Å²) in [7, 11) is -3.52. The van der Waals surface area contributed by atoms with Gasteiger partial charge in [0.2, 0.25) is 10.0 Å². The number of benzene rings is 1. The number of aryl methyl sites for hydroxylation is 1. The van der Waals surface area contributed by atoms with Crippen LogP contribution in [0.25, 0.3) is 0 Å². The molecule has 2 heterocycles. The van der Waals surface area contributed by atoms with E-state index in [0.717, 1.165) is 0 Å². The molecule has 8 heteroatoms. The molecule has 0 N–H and O–H groups in total. The first kappa shape index (κ1) is 18.6. The first-order valence-corrected chi connectivity index (χ1v) is 9.93. The monoisotopic (exact) mass is 381 g/mol. The van der Waals surface area contributed by atoms with Gasteiger partial charge in [0.25, 0.3) is 0 Å². The van der Waals surface area contributed by atoms with Gasteiger partial charge in [-0.1, -0.05) is 12.1 Å². The zero-order valence-corrected chi connectivity index (χ0v) is 15.2. The second-order valence-corrected chi connectivity index (χ2v) is 8.29. The molecule has 1 aliphatic heterocycles. The summed E-state index contributed by atoms with van der Waals surface area (Å²) < 4.78 is 50.4. The minimum atomic E-state index is -3.52. The predicted molar refractivity (Wildman–Crippen MR) is 94.0 cm³/mol. The normalized spacial score (nSPS) is 16.5. The number of rotatable bonds is 5. The molecule has 0 aliphatic carbocycles. The van der Waals surface area contributed by atoms with Gasteiger partial charge in [0.05, 0.1) is 11.8 Å². The van der Waals surface area contributed by atoms with Gasteiger partial charge >= 0.3 is 5.63 Å². The zero-order valence-electron chi connectivity index (χ0n) is 14.4. The third kappa shape index (κ3) is 4.70. The second-order valence-electron chi connectivity index (χ2n) is 6.33. The van der Waals surface area contributed by atoms with Gasteiger partial charge in [-0.05, 0) is 37.5 Å². The Hall–Kier alpha value is -2.19. The molecule has 0 amide bonds. The maximum absolute atomic E-state index is 13.2. The van der Waals surface area contributed by atoms with Crippen LogP contribution in [0.5, 0.6) is 5.75 Å². The molecular weight excluding hydrogens is 361 g/mol. The Morgan fingerprint density at radius 3 is 2.62 bits per heavy atom. The standard InChI is InChI=1S/C18H20FNO5S/c1-13-9-17(11-18(21)24-13)25-16-5-7-20(8-6-16)26(22,23)12-14-3-2-4-15(19)10-14/h2-4,9-11,16H,5-8,12H2,1H3. The summed E-state index contributed by atoms with van der Waals surface area (Å²) in [6.07, 6.45) is 0.861. The SMILES string of the molecule is Cc1cc(OC2CCN(S(=O)(=O)Cc3cccc(F)c3)CC2)cc(=O)o1. The van der Waals surface area contributed by atoms with Crippen LogP contribution in [0.2, 0.25) is 0 Å². The summed E-state index contributed by atoms with van der Waals surface area (Å²) in [5, 5.41) is 0. The predicted octanol–water partition coefficient (Wildman–Crippen LogP) is 2.46. The Bertz CT molecular complexity index is 933. The Morgan fingerprint density at radius 2 is 1.96 bits per heavy atom. The number of hydrogen-bond acceptors (Lipinski definition) is 5. The van der Waals surface area contributed by atoms with Crippen molar-refractivity contribution >= 4 is 10.0 Å². The Balaban J connectivity index is 1.59. The molecule has 0 unspecified atom stereocenters. The lowest BCUT2D eigenvalue weighted by Gasteiger charge is -2.31. The summed E-state index contributed by atoms with van der Waals surface area (Å²) in [5.74, 6) is 0.213. The quantitative estimate of drug-likeness (QED) is 0.795. The molecule has 6 nitrogen and oxygen atoms in total. The summed E-state index contributed by atoms with van der Waals surface area (Å²) in [6, 6.07) is 8.52. The molecule has 0 saturated carbocycles. The van der Waals surface area contributed by atoms with E-state index < -0.39 is 21.5 Å². The number of hydrogen-bond donors (Lipinski definition) is 0. The van der Waals surface area contributed by atoms with Crippen molar-refractivity contribution in [2.24, 2.45) is 0 Å². The van der Waals surface area contributed by atoms with E-state index in [1.165, 1.54) is 28.6 Å². The fraction of sp³-hybridized carbons (Fsp3) is 0.389. The first-order valence-electron chi connectivity index (χ1n) is 8.32. The number of halogens is 1. The van der Waals surface area contributed by atoms with Crippen LogP contribution in [0.15, 0.2) is 45.6 Å². The zero-order chi connectivity index (χ0) is 18.7. The lowest BCUT2D eigenvalue weighted by Crippen LogP contribution is -2.42. The maximum Gasteiger partial charge on any atom is 0.339 e. The Morgan fingerprint density at radius 1 is 1.23 bits per heavy atom. The highest BCUT2D eigenvalue weighted by Crippen LogP contribution is 2.22. The van der Waals surface area contributed by atoms with Crippen molar-refractivity contribution in [3.05, 3.63) is 64.0 Å². The van der Waals surface area contributed by atoms with Gasteiger partial charge in [0.1, 0.15) is 23.4 Å². The van der Waals surface area contributed by atoms with E-state index in [2.05, 4.69) is 0 Å². The molecule has 140 valence electrons. The van der Waals surface area contributed by atoms with E-state index in [4.69, 9.17) is 9.15 Å². The van der Waals surface area contributed by atoms with Crippen molar-refractivity contribution < 1.29 is 22.0 Å². The average Bonchev–Trinajstić information content (AvgIpc) is 2.54. The van der Waals surface area contributed by atoms with Crippen molar-refractivity contribution in [3.63, 3.8) is 0 Å². The molecule has 2 aromatic rings. The van der Waals surface area contributed by atoms with Gasteiger partial charge in [0.15, 0.2) is 0 Å². The van der Waals surface area contributed by atoms with E-state index >= 15 is 0 Å². The second kappa shape index (κ2) is 7.59. The van der Waals surface area contributed by atoms with Crippen molar-refractivity contribution in [2.75, 3.05) is 13.1 Å². The van der Waals surface area contributed by atoms with E-state index in [0.29, 0.717) is 43.0 Å². The highest BCUT2D eigenvalue weighted by atomic mass is 32.2. The molecule has 3 rings (SSSR count). The molecule has 1 aromatic carbocycles. The van der Waals surface area contributed by atoms with Crippen LogP contribution < -0.4 is 10.4 Å². The fourth-order valence-corrected chi connectivity index (χ4v) is 4.54. The van der Waals surface area contributed by atoms with Crippen molar-refractivity contribution in [3.8, 4) is 5.75 Å². The number of nitrogens with zero attached hydrogens (tertiary/aromatic N) is 1. The smallest absolute Gasteiger partial charge is 0.339 e. The van der Waals surface area contributed by atoms with Crippen molar-refractivity contribution in [1.29, 1.82) is 0 Å². The molecule has 0 radical (unpaired) electrons. The number of sulfonamides is 1. The van der Waals surface area contributed by atoms with E-state index in [9.17, 15) is 17.6 Å². The van der Waals surface area contributed by atoms with E-state index in [1.54, 1.807) is 19.1 Å². The van der Waals surface area contributed by atoms with Crippen LogP contribution in [0, 0.1) is 12.7 Å². The van der Waals surface area contributed by atoms with Gasteiger partial charge in [-0.3, -0.25) is 0 Å². The Labute approximate surface area is 151 Å². The van der Waals surface area contributed by atoms with Crippen LogP contribution >= 0.6 is 0 Å².